The molecule has 0 saturated carbocycles. The van der Waals surface area contributed by atoms with Crippen LogP contribution in [-0.2, 0) is 10.2 Å². The molecule has 1 fully saturated rings. The molecular formula is C21H23N3O2. The summed E-state index contributed by atoms with van der Waals surface area (Å²) in [5, 5.41) is 4.62. The Kier molecular flexibility index (Phi) is 4.71. The molecule has 1 saturated heterocycles. The highest BCUT2D eigenvalue weighted by Crippen LogP contribution is 2.40. The molecule has 3 aromatic rings. The van der Waals surface area contributed by atoms with Crippen molar-refractivity contribution in [3.8, 4) is 5.75 Å². The molecule has 0 spiro atoms. The largest absolute Gasteiger partial charge is 0.496 e. The average molecular weight is 349 g/mol. The van der Waals surface area contributed by atoms with Crippen LogP contribution in [0.4, 0.5) is 5.82 Å². The summed E-state index contributed by atoms with van der Waals surface area (Å²) >= 11 is 0. The fourth-order valence-corrected chi connectivity index (χ4v) is 3.78. The molecule has 0 bridgehead atoms. The van der Waals surface area contributed by atoms with E-state index in [0.29, 0.717) is 0 Å². The van der Waals surface area contributed by atoms with E-state index >= 15 is 0 Å². The number of methoxy groups -OCH3 is 1. The van der Waals surface area contributed by atoms with Gasteiger partial charge >= 0.3 is 0 Å². The van der Waals surface area contributed by atoms with Crippen LogP contribution in [0.2, 0.25) is 0 Å². The predicted octanol–water partition coefficient (Wildman–Crippen LogP) is 3.80. The van der Waals surface area contributed by atoms with Crippen LogP contribution in [0.1, 0.15) is 18.4 Å². The number of ether oxygens (including phenoxy) is 2. The number of anilines is 1. The minimum atomic E-state index is -0.0447. The maximum absolute atomic E-state index is 5.65. The number of rotatable bonds is 5. The zero-order valence-electron chi connectivity index (χ0n) is 14.9. The third kappa shape index (κ3) is 3.10. The van der Waals surface area contributed by atoms with Gasteiger partial charge in [-0.05, 0) is 31.0 Å². The van der Waals surface area contributed by atoms with Gasteiger partial charge in [0, 0.05) is 36.1 Å². The second-order valence-corrected chi connectivity index (χ2v) is 6.69. The SMILES string of the molecule is COc1ccccc1C1(CNc2ncnc3ccccc23)CCOCC1. The first kappa shape index (κ1) is 16.8. The van der Waals surface area contributed by atoms with E-state index < -0.39 is 0 Å². The van der Waals surface area contributed by atoms with Crippen molar-refractivity contribution in [3.05, 3.63) is 60.4 Å². The third-order valence-electron chi connectivity index (χ3n) is 5.27. The Morgan fingerprint density at radius 2 is 1.81 bits per heavy atom. The first-order chi connectivity index (χ1) is 12.8. The maximum Gasteiger partial charge on any atom is 0.137 e. The lowest BCUT2D eigenvalue weighted by molar-refractivity contribution is 0.0535. The Labute approximate surface area is 153 Å². The van der Waals surface area contributed by atoms with Gasteiger partial charge in [-0.1, -0.05) is 30.3 Å². The molecule has 1 aliphatic heterocycles. The molecule has 0 atom stereocenters. The smallest absolute Gasteiger partial charge is 0.137 e. The molecule has 1 aliphatic rings. The van der Waals surface area contributed by atoms with E-state index in [0.717, 1.165) is 55.1 Å². The fraction of sp³-hybridized carbons (Fsp3) is 0.333. The Balaban J connectivity index is 1.68. The van der Waals surface area contributed by atoms with Crippen LogP contribution in [0.25, 0.3) is 10.9 Å². The first-order valence-electron chi connectivity index (χ1n) is 8.97. The molecule has 0 aliphatic carbocycles. The van der Waals surface area contributed by atoms with Crippen molar-refractivity contribution in [2.45, 2.75) is 18.3 Å². The van der Waals surface area contributed by atoms with Crippen LogP contribution in [0.3, 0.4) is 0 Å². The normalized spacial score (nSPS) is 16.3. The predicted molar refractivity (Wildman–Crippen MR) is 103 cm³/mol. The lowest BCUT2D eigenvalue weighted by Gasteiger charge is -2.38. The molecule has 5 nitrogen and oxygen atoms in total. The van der Waals surface area contributed by atoms with E-state index in [1.165, 1.54) is 5.56 Å². The lowest BCUT2D eigenvalue weighted by atomic mass is 9.73. The van der Waals surface area contributed by atoms with Gasteiger partial charge in [0.05, 0.1) is 12.6 Å². The molecule has 0 unspecified atom stereocenters. The van der Waals surface area contributed by atoms with Crippen LogP contribution in [-0.4, -0.2) is 36.8 Å². The highest BCUT2D eigenvalue weighted by Gasteiger charge is 2.36. The molecule has 134 valence electrons. The van der Waals surface area contributed by atoms with Crippen LogP contribution >= 0.6 is 0 Å². The standard InChI is InChI=1S/C21H23N3O2/c1-25-19-9-5-3-7-17(19)21(10-12-26-13-11-21)14-22-20-16-6-2-4-8-18(16)23-15-24-20/h2-9,15H,10-14H2,1H3,(H,22,23,24). The molecule has 1 aromatic heterocycles. The summed E-state index contributed by atoms with van der Waals surface area (Å²) in [6, 6.07) is 16.4. The van der Waals surface area contributed by atoms with Crippen molar-refractivity contribution < 1.29 is 9.47 Å². The minimum Gasteiger partial charge on any atom is -0.496 e. The van der Waals surface area contributed by atoms with Crippen molar-refractivity contribution in [1.82, 2.24) is 9.97 Å². The monoisotopic (exact) mass is 349 g/mol. The van der Waals surface area contributed by atoms with Gasteiger partial charge in [0.15, 0.2) is 0 Å². The van der Waals surface area contributed by atoms with Gasteiger partial charge in [-0.25, -0.2) is 9.97 Å². The fourth-order valence-electron chi connectivity index (χ4n) is 3.78. The molecule has 5 heteroatoms. The van der Waals surface area contributed by atoms with Crippen molar-refractivity contribution in [1.29, 1.82) is 0 Å². The van der Waals surface area contributed by atoms with Gasteiger partial charge < -0.3 is 14.8 Å². The minimum absolute atomic E-state index is 0.0447. The number of nitrogens with zero attached hydrogens (tertiary/aromatic N) is 2. The third-order valence-corrected chi connectivity index (χ3v) is 5.27. The van der Waals surface area contributed by atoms with Crippen LogP contribution < -0.4 is 10.1 Å². The number of hydrogen-bond donors (Lipinski definition) is 1. The number of benzene rings is 2. The van der Waals surface area contributed by atoms with Crippen LogP contribution in [0.5, 0.6) is 5.75 Å². The van der Waals surface area contributed by atoms with Gasteiger partial charge in [0.2, 0.25) is 0 Å². The molecule has 1 N–H and O–H groups in total. The highest BCUT2D eigenvalue weighted by atomic mass is 16.5. The van der Waals surface area contributed by atoms with E-state index in [4.69, 9.17) is 9.47 Å². The van der Waals surface area contributed by atoms with Crippen LogP contribution in [0, 0.1) is 0 Å². The molecule has 4 rings (SSSR count). The van der Waals surface area contributed by atoms with E-state index in [-0.39, 0.29) is 5.41 Å². The molecule has 0 radical (unpaired) electrons. The molecular weight excluding hydrogens is 326 g/mol. The first-order valence-corrected chi connectivity index (χ1v) is 8.97. The Morgan fingerprint density at radius 1 is 1.04 bits per heavy atom. The van der Waals surface area contributed by atoms with Gasteiger partial charge in [0.1, 0.15) is 17.9 Å². The summed E-state index contributed by atoms with van der Waals surface area (Å²) < 4.78 is 11.3. The van der Waals surface area contributed by atoms with Crippen molar-refractivity contribution in [3.63, 3.8) is 0 Å². The van der Waals surface area contributed by atoms with Crippen LogP contribution in [0.15, 0.2) is 54.9 Å². The number of fused-ring (bicyclic) bond motifs is 1. The molecule has 2 heterocycles. The molecule has 2 aromatic carbocycles. The molecule has 0 amide bonds. The van der Waals surface area contributed by atoms with Crippen molar-refractivity contribution in [2.75, 3.05) is 32.2 Å². The Bertz CT molecular complexity index is 886. The van der Waals surface area contributed by atoms with E-state index in [9.17, 15) is 0 Å². The number of para-hydroxylation sites is 2. The number of nitrogens with one attached hydrogen (secondary N) is 1. The second kappa shape index (κ2) is 7.30. The van der Waals surface area contributed by atoms with Crippen molar-refractivity contribution in [2.24, 2.45) is 0 Å². The van der Waals surface area contributed by atoms with E-state index in [1.54, 1.807) is 13.4 Å². The van der Waals surface area contributed by atoms with E-state index in [1.807, 2.05) is 30.3 Å². The highest BCUT2D eigenvalue weighted by molar-refractivity contribution is 5.88. The Morgan fingerprint density at radius 3 is 2.65 bits per heavy atom. The van der Waals surface area contributed by atoms with Gasteiger partial charge in [0.25, 0.3) is 0 Å². The number of aromatic nitrogens is 2. The summed E-state index contributed by atoms with van der Waals surface area (Å²) in [7, 11) is 1.73. The zero-order valence-corrected chi connectivity index (χ0v) is 14.9. The summed E-state index contributed by atoms with van der Waals surface area (Å²) in [6.07, 6.45) is 3.51. The number of hydrogen-bond acceptors (Lipinski definition) is 5. The Hall–Kier alpha value is -2.66. The second-order valence-electron chi connectivity index (χ2n) is 6.69. The summed E-state index contributed by atoms with van der Waals surface area (Å²) in [4.78, 5) is 8.82. The topological polar surface area (TPSA) is 56.3 Å². The van der Waals surface area contributed by atoms with Gasteiger partial charge in [-0.3, -0.25) is 0 Å². The average Bonchev–Trinajstić information content (AvgIpc) is 2.73. The maximum atomic E-state index is 5.65. The summed E-state index contributed by atoms with van der Waals surface area (Å²) in [5.74, 6) is 1.81. The zero-order chi connectivity index (χ0) is 17.8. The van der Waals surface area contributed by atoms with E-state index in [2.05, 4.69) is 33.5 Å². The van der Waals surface area contributed by atoms with Crippen molar-refractivity contribution >= 4 is 16.7 Å². The van der Waals surface area contributed by atoms with Gasteiger partial charge in [-0.2, -0.15) is 0 Å². The summed E-state index contributed by atoms with van der Waals surface area (Å²) in [6.45, 7) is 2.28. The summed E-state index contributed by atoms with van der Waals surface area (Å²) in [5.41, 5.74) is 2.14. The lowest BCUT2D eigenvalue weighted by Crippen LogP contribution is -2.40. The molecule has 26 heavy (non-hydrogen) atoms. The quantitative estimate of drug-likeness (QED) is 0.759. The van der Waals surface area contributed by atoms with Gasteiger partial charge in [-0.15, -0.1) is 0 Å².